The third-order valence-electron chi connectivity index (χ3n) is 4.63. The Morgan fingerprint density at radius 1 is 1.21 bits per heavy atom. The van der Waals surface area contributed by atoms with Gasteiger partial charge in [-0.1, -0.05) is 23.7 Å². The number of nitrogens with zero attached hydrogens (tertiary/aromatic N) is 4. The first-order valence-electron chi connectivity index (χ1n) is 9.21. The van der Waals surface area contributed by atoms with E-state index in [0.717, 1.165) is 49.4 Å². The van der Waals surface area contributed by atoms with Crippen molar-refractivity contribution < 1.29 is 9.59 Å². The fraction of sp³-hybridized carbons (Fsp3) is 0.500. The number of rotatable bonds is 5. The second-order valence-corrected chi connectivity index (χ2v) is 6.77. The van der Waals surface area contributed by atoms with Gasteiger partial charge in [-0.2, -0.15) is 0 Å². The lowest BCUT2D eigenvalue weighted by molar-refractivity contribution is -0.124. The molecule has 0 radical (unpaired) electrons. The number of hydrogen-bond donors (Lipinski definition) is 2. The van der Waals surface area contributed by atoms with Gasteiger partial charge in [0.1, 0.15) is 0 Å². The lowest BCUT2D eigenvalue weighted by Crippen LogP contribution is -2.52. The number of anilines is 1. The number of halogens is 2. The highest BCUT2D eigenvalue weighted by molar-refractivity contribution is 14.0. The normalized spacial score (nSPS) is 17.5. The summed E-state index contributed by atoms with van der Waals surface area (Å²) in [6, 6.07) is 7.53. The number of carbonyl (C=O) groups excluding carboxylic acids is 2. The van der Waals surface area contributed by atoms with Crippen LogP contribution in [0.1, 0.15) is 6.92 Å². The predicted octanol–water partition coefficient (Wildman–Crippen LogP) is 1.60. The number of nitrogens with one attached hydrogen (secondary N) is 2. The lowest BCUT2D eigenvalue weighted by Gasteiger charge is -2.38. The van der Waals surface area contributed by atoms with Crippen LogP contribution in [0.5, 0.6) is 0 Å². The van der Waals surface area contributed by atoms with Gasteiger partial charge in [-0.05, 0) is 19.1 Å². The molecule has 3 rings (SSSR count). The smallest absolute Gasteiger partial charge is 0.324 e. The highest BCUT2D eigenvalue weighted by atomic mass is 127. The first-order valence-corrected chi connectivity index (χ1v) is 9.59. The molecule has 1 aromatic rings. The minimum absolute atomic E-state index is 0. The maximum atomic E-state index is 11.6. The monoisotopic (exact) mass is 520 g/mol. The van der Waals surface area contributed by atoms with Crippen LogP contribution in [0.2, 0.25) is 5.02 Å². The van der Waals surface area contributed by atoms with Gasteiger partial charge in [0.05, 0.1) is 30.3 Å². The Bertz CT molecular complexity index is 708. The Labute approximate surface area is 187 Å². The first kappa shape index (κ1) is 22.5. The summed E-state index contributed by atoms with van der Waals surface area (Å²) < 4.78 is 0. The molecule has 0 aliphatic carbocycles. The zero-order valence-electron chi connectivity index (χ0n) is 15.9. The zero-order valence-corrected chi connectivity index (χ0v) is 18.9. The maximum absolute atomic E-state index is 11.6. The van der Waals surface area contributed by atoms with Crippen molar-refractivity contribution in [2.75, 3.05) is 57.3 Å². The SMILES string of the molecule is CCNC(=NCCN1C(=O)CNC1=O)N1CCN(c2ccccc2Cl)CC1.I. The molecule has 1 aromatic carbocycles. The number of guanidine groups is 1. The Kier molecular flexibility index (Phi) is 8.61. The van der Waals surface area contributed by atoms with Gasteiger partial charge in [0.2, 0.25) is 5.91 Å². The van der Waals surface area contributed by atoms with E-state index in [2.05, 4.69) is 25.4 Å². The number of amides is 3. The molecule has 0 aromatic heterocycles. The van der Waals surface area contributed by atoms with E-state index in [1.807, 2.05) is 31.2 Å². The number of piperazine rings is 1. The molecule has 28 heavy (non-hydrogen) atoms. The van der Waals surface area contributed by atoms with Crippen molar-refractivity contribution in [2.24, 2.45) is 4.99 Å². The van der Waals surface area contributed by atoms with E-state index in [-0.39, 0.29) is 42.5 Å². The molecule has 0 unspecified atom stereocenters. The summed E-state index contributed by atoms with van der Waals surface area (Å²) in [5, 5.41) is 6.58. The first-order chi connectivity index (χ1) is 13.1. The van der Waals surface area contributed by atoms with Crippen LogP contribution in [0.15, 0.2) is 29.3 Å². The van der Waals surface area contributed by atoms with Crippen LogP contribution in [0, 0.1) is 0 Å². The van der Waals surface area contributed by atoms with E-state index in [9.17, 15) is 9.59 Å². The van der Waals surface area contributed by atoms with E-state index in [1.165, 1.54) is 4.90 Å². The third kappa shape index (κ3) is 5.40. The summed E-state index contributed by atoms with van der Waals surface area (Å²) >= 11 is 6.30. The molecular formula is C18H26ClIN6O2. The van der Waals surface area contributed by atoms with Crippen LogP contribution in [0.4, 0.5) is 10.5 Å². The van der Waals surface area contributed by atoms with Crippen LogP contribution >= 0.6 is 35.6 Å². The molecule has 2 N–H and O–H groups in total. The van der Waals surface area contributed by atoms with E-state index in [4.69, 9.17) is 11.6 Å². The van der Waals surface area contributed by atoms with Gasteiger partial charge in [0.25, 0.3) is 0 Å². The standard InChI is InChI=1S/C18H25ClN6O2.HI/c1-2-20-17(21-7-8-25-16(26)13-22-18(25)27)24-11-9-23(10-12-24)15-6-4-3-5-14(15)19;/h3-6H,2,7-13H2,1H3,(H,20,21)(H,22,27);1H. The van der Waals surface area contributed by atoms with Crippen LogP contribution in [-0.2, 0) is 4.79 Å². The molecule has 0 spiro atoms. The van der Waals surface area contributed by atoms with Gasteiger partial charge in [0, 0.05) is 32.7 Å². The Morgan fingerprint density at radius 2 is 1.93 bits per heavy atom. The molecule has 2 fully saturated rings. The van der Waals surface area contributed by atoms with Gasteiger partial charge in [-0.3, -0.25) is 14.7 Å². The molecule has 3 amide bonds. The van der Waals surface area contributed by atoms with E-state index >= 15 is 0 Å². The fourth-order valence-electron chi connectivity index (χ4n) is 3.23. The van der Waals surface area contributed by atoms with Gasteiger partial charge in [-0.25, -0.2) is 4.79 Å². The van der Waals surface area contributed by atoms with Crippen molar-refractivity contribution in [1.82, 2.24) is 20.4 Å². The molecule has 8 nitrogen and oxygen atoms in total. The Balaban J connectivity index is 0.00000280. The van der Waals surface area contributed by atoms with Crippen molar-refractivity contribution in [3.8, 4) is 0 Å². The number of para-hydroxylation sites is 1. The van der Waals surface area contributed by atoms with Crippen molar-refractivity contribution >= 4 is 59.2 Å². The molecule has 10 heteroatoms. The number of benzene rings is 1. The van der Waals surface area contributed by atoms with E-state index in [1.54, 1.807) is 0 Å². The Hall–Kier alpha value is -1.75. The van der Waals surface area contributed by atoms with Crippen LogP contribution in [0.25, 0.3) is 0 Å². The fourth-order valence-corrected chi connectivity index (χ4v) is 3.49. The van der Waals surface area contributed by atoms with Gasteiger partial charge >= 0.3 is 6.03 Å². The topological polar surface area (TPSA) is 80.3 Å². The van der Waals surface area contributed by atoms with Gasteiger partial charge < -0.3 is 20.4 Å². The summed E-state index contributed by atoms with van der Waals surface area (Å²) in [6.07, 6.45) is 0. The van der Waals surface area contributed by atoms with Crippen LogP contribution < -0.4 is 15.5 Å². The van der Waals surface area contributed by atoms with Gasteiger partial charge in [0.15, 0.2) is 5.96 Å². The molecule has 2 aliphatic heterocycles. The number of hydrogen-bond acceptors (Lipinski definition) is 4. The molecule has 0 bridgehead atoms. The maximum Gasteiger partial charge on any atom is 0.324 e. The summed E-state index contributed by atoms with van der Waals surface area (Å²) in [5.74, 6) is 0.608. The number of urea groups is 1. The highest BCUT2D eigenvalue weighted by Crippen LogP contribution is 2.25. The minimum Gasteiger partial charge on any atom is -0.367 e. The van der Waals surface area contributed by atoms with E-state index < -0.39 is 0 Å². The third-order valence-corrected chi connectivity index (χ3v) is 4.95. The molecule has 154 valence electrons. The van der Waals surface area contributed by atoms with Crippen molar-refractivity contribution in [3.63, 3.8) is 0 Å². The van der Waals surface area contributed by atoms with Crippen LogP contribution in [-0.4, -0.2) is 80.1 Å². The zero-order chi connectivity index (χ0) is 19.2. The van der Waals surface area contributed by atoms with Crippen molar-refractivity contribution in [2.45, 2.75) is 6.92 Å². The predicted molar refractivity (Wildman–Crippen MR) is 122 cm³/mol. The number of carbonyl (C=O) groups is 2. The molecule has 2 aliphatic rings. The van der Waals surface area contributed by atoms with Crippen molar-refractivity contribution in [3.05, 3.63) is 29.3 Å². The number of imide groups is 1. The molecular weight excluding hydrogens is 495 g/mol. The molecule has 0 saturated carbocycles. The van der Waals surface area contributed by atoms with Crippen molar-refractivity contribution in [1.29, 1.82) is 0 Å². The number of aliphatic imine (C=N–C) groups is 1. The molecule has 0 atom stereocenters. The molecule has 2 heterocycles. The summed E-state index contributed by atoms with van der Waals surface area (Å²) in [5.41, 5.74) is 1.05. The minimum atomic E-state index is -0.339. The second-order valence-electron chi connectivity index (χ2n) is 6.37. The summed E-state index contributed by atoms with van der Waals surface area (Å²) in [7, 11) is 0. The second kappa shape index (κ2) is 10.7. The lowest BCUT2D eigenvalue weighted by atomic mass is 10.2. The van der Waals surface area contributed by atoms with Crippen LogP contribution in [0.3, 0.4) is 0 Å². The summed E-state index contributed by atoms with van der Waals surface area (Å²) in [4.78, 5) is 33.5. The van der Waals surface area contributed by atoms with Gasteiger partial charge in [-0.15, -0.1) is 24.0 Å². The van der Waals surface area contributed by atoms with E-state index in [0.29, 0.717) is 13.1 Å². The average molecular weight is 521 g/mol. The summed E-state index contributed by atoms with van der Waals surface area (Å²) in [6.45, 7) is 6.86. The average Bonchev–Trinajstić information content (AvgIpc) is 3.00. The highest BCUT2D eigenvalue weighted by Gasteiger charge is 2.28. The Morgan fingerprint density at radius 3 is 2.54 bits per heavy atom. The largest absolute Gasteiger partial charge is 0.367 e. The molecule has 2 saturated heterocycles. The quantitative estimate of drug-likeness (QED) is 0.267.